The van der Waals surface area contributed by atoms with E-state index in [1.807, 2.05) is 86.5 Å². The Kier molecular flexibility index (Phi) is 10.2. The lowest BCUT2D eigenvalue weighted by Gasteiger charge is -2.11. The molecule has 0 N–H and O–H groups in total. The Morgan fingerprint density at radius 2 is 0.886 bits per heavy atom. The van der Waals surface area contributed by atoms with E-state index in [2.05, 4.69) is 47.4 Å². The maximum absolute atomic E-state index is 11.2. The molecule has 4 aromatic rings. The Morgan fingerprint density at radius 3 is 1.18 bits per heavy atom. The minimum Gasteiger partial charge on any atom is -0.378 e. The van der Waals surface area contributed by atoms with E-state index in [9.17, 15) is 20.2 Å². The Bertz CT molecular complexity index is 1850. The van der Waals surface area contributed by atoms with Gasteiger partial charge in [-0.25, -0.2) is 0 Å². The first-order valence-electron chi connectivity index (χ1n) is 12.9. The van der Waals surface area contributed by atoms with Crippen LogP contribution >= 0.6 is 22.7 Å². The van der Waals surface area contributed by atoms with Gasteiger partial charge in [-0.2, -0.15) is 0 Å². The summed E-state index contributed by atoms with van der Waals surface area (Å²) in [6, 6.07) is 21.4. The van der Waals surface area contributed by atoms with Crippen molar-refractivity contribution in [1.29, 1.82) is 0 Å². The molecule has 0 fully saturated rings. The van der Waals surface area contributed by atoms with Crippen molar-refractivity contribution in [3.05, 3.63) is 125 Å². The first-order valence-corrected chi connectivity index (χ1v) is 14.6. The van der Waals surface area contributed by atoms with Crippen LogP contribution in [-0.2, 0) is 0 Å². The number of nitrogens with zero attached hydrogens (tertiary/aromatic N) is 4. The quantitative estimate of drug-likeness (QED) is 0.147. The molecule has 0 bridgehead atoms. The Morgan fingerprint density at radius 1 is 0.545 bits per heavy atom. The molecule has 0 atom stereocenters. The zero-order valence-electron chi connectivity index (χ0n) is 24.2. The SMILES string of the molecule is CN(C)c1ccc(C#CC(C#Cc2ccc(N(C)C)cc2)=C(C#Cc2ccc([N+](=O)[O-])s2)C#Cc2ccc([N+](=O)[O-])s2)cc1. The molecule has 2 aromatic carbocycles. The summed E-state index contributed by atoms with van der Waals surface area (Å²) in [7, 11) is 7.82. The fraction of sp³-hybridized carbons (Fsp3) is 0.118. The lowest BCUT2D eigenvalue weighted by Crippen LogP contribution is -2.07. The summed E-state index contributed by atoms with van der Waals surface area (Å²) >= 11 is 1.89. The first-order chi connectivity index (χ1) is 21.1. The normalized spacial score (nSPS) is 9.45. The molecule has 0 amide bonds. The molecular weight excluding hydrogens is 593 g/mol. The molecule has 2 heterocycles. The minimum atomic E-state index is -0.471. The zero-order chi connectivity index (χ0) is 31.6. The van der Waals surface area contributed by atoms with Crippen molar-refractivity contribution < 1.29 is 9.85 Å². The van der Waals surface area contributed by atoms with Crippen LogP contribution in [0.1, 0.15) is 20.9 Å². The van der Waals surface area contributed by atoms with Crippen LogP contribution in [0.4, 0.5) is 21.4 Å². The fourth-order valence-corrected chi connectivity index (χ4v) is 4.85. The second-order valence-electron chi connectivity index (χ2n) is 9.42. The van der Waals surface area contributed by atoms with Crippen LogP contribution in [0.15, 0.2) is 83.9 Å². The van der Waals surface area contributed by atoms with Crippen molar-refractivity contribution in [2.24, 2.45) is 0 Å². The number of hydrogen-bond donors (Lipinski definition) is 0. The molecule has 0 radical (unpaired) electrons. The Labute approximate surface area is 263 Å². The Balaban J connectivity index is 1.87. The second kappa shape index (κ2) is 14.4. The van der Waals surface area contributed by atoms with E-state index >= 15 is 0 Å². The summed E-state index contributed by atoms with van der Waals surface area (Å²) in [6.07, 6.45) is 0. The molecule has 216 valence electrons. The lowest BCUT2D eigenvalue weighted by atomic mass is 10.1. The van der Waals surface area contributed by atoms with Gasteiger partial charge in [-0.15, -0.1) is 0 Å². The van der Waals surface area contributed by atoms with Gasteiger partial charge in [0.2, 0.25) is 0 Å². The smallest absolute Gasteiger partial charge is 0.325 e. The molecule has 10 heteroatoms. The molecule has 2 aromatic heterocycles. The van der Waals surface area contributed by atoms with Gasteiger partial charge < -0.3 is 9.80 Å². The third-order valence-electron chi connectivity index (χ3n) is 5.85. The summed E-state index contributed by atoms with van der Waals surface area (Å²) < 4.78 is 0. The fourth-order valence-electron chi connectivity index (χ4n) is 3.50. The van der Waals surface area contributed by atoms with E-state index in [0.717, 1.165) is 45.2 Å². The topological polar surface area (TPSA) is 92.8 Å². The van der Waals surface area contributed by atoms with Crippen molar-refractivity contribution in [2.75, 3.05) is 38.0 Å². The third-order valence-corrected chi connectivity index (χ3v) is 7.75. The molecule has 0 spiro atoms. The molecule has 0 aliphatic carbocycles. The number of thiophene rings is 2. The van der Waals surface area contributed by atoms with Gasteiger partial charge >= 0.3 is 10.0 Å². The lowest BCUT2D eigenvalue weighted by molar-refractivity contribution is -0.380. The number of hydrogen-bond acceptors (Lipinski definition) is 8. The number of anilines is 2. The highest BCUT2D eigenvalue weighted by Gasteiger charge is 2.09. The van der Waals surface area contributed by atoms with E-state index < -0.39 is 9.85 Å². The van der Waals surface area contributed by atoms with Crippen molar-refractivity contribution in [3.8, 4) is 47.4 Å². The summed E-state index contributed by atoms with van der Waals surface area (Å²) in [5.74, 6) is 24.4. The molecule has 0 aliphatic heterocycles. The molecule has 0 saturated carbocycles. The monoisotopic (exact) mass is 616 g/mol. The summed E-state index contributed by atoms with van der Waals surface area (Å²) in [4.78, 5) is 26.3. The molecule has 0 unspecified atom stereocenters. The number of allylic oxidation sites excluding steroid dienone is 2. The maximum Gasteiger partial charge on any atom is 0.325 e. The number of nitro groups is 2. The van der Waals surface area contributed by atoms with Crippen molar-refractivity contribution in [1.82, 2.24) is 0 Å². The van der Waals surface area contributed by atoms with Crippen molar-refractivity contribution in [3.63, 3.8) is 0 Å². The summed E-state index contributed by atoms with van der Waals surface area (Å²) in [6.45, 7) is 0. The van der Waals surface area contributed by atoms with Gasteiger partial charge in [-0.05, 0) is 84.3 Å². The first kappa shape index (κ1) is 31.2. The van der Waals surface area contributed by atoms with Crippen LogP contribution in [0.2, 0.25) is 0 Å². The number of rotatable bonds is 4. The minimum absolute atomic E-state index is 0.0287. The molecule has 8 nitrogen and oxygen atoms in total. The molecule has 0 saturated heterocycles. The largest absolute Gasteiger partial charge is 0.378 e. The van der Waals surface area contributed by atoms with Gasteiger partial charge in [0.25, 0.3) is 0 Å². The predicted molar refractivity (Wildman–Crippen MR) is 178 cm³/mol. The second-order valence-corrected chi connectivity index (χ2v) is 11.5. The van der Waals surface area contributed by atoms with Crippen LogP contribution in [-0.4, -0.2) is 38.0 Å². The van der Waals surface area contributed by atoms with E-state index in [4.69, 9.17) is 0 Å². The molecule has 4 rings (SSSR count). The van der Waals surface area contributed by atoms with Gasteiger partial charge in [-0.3, -0.25) is 20.2 Å². The highest BCUT2D eigenvalue weighted by Crippen LogP contribution is 2.24. The van der Waals surface area contributed by atoms with E-state index in [1.165, 1.54) is 12.1 Å². The average molecular weight is 617 g/mol. The van der Waals surface area contributed by atoms with Gasteiger partial charge in [0.15, 0.2) is 0 Å². The molecule has 0 aliphatic rings. The zero-order valence-corrected chi connectivity index (χ0v) is 25.8. The maximum atomic E-state index is 11.2. The highest BCUT2D eigenvalue weighted by molar-refractivity contribution is 7.16. The van der Waals surface area contributed by atoms with Gasteiger partial charge in [0, 0.05) is 62.8 Å². The highest BCUT2D eigenvalue weighted by atomic mass is 32.1. The molecule has 44 heavy (non-hydrogen) atoms. The van der Waals surface area contributed by atoms with E-state index in [0.29, 0.717) is 15.3 Å². The summed E-state index contributed by atoms with van der Waals surface area (Å²) in [5, 5.41) is 22.3. The van der Waals surface area contributed by atoms with Gasteiger partial charge in [0.1, 0.15) is 0 Å². The standard InChI is InChI=1S/C34H24N4O4S2/c1-35(2)29-15-7-25(8-16-29)5-11-27(12-6-26-9-17-30(18-10-26)36(3)4)28(13-19-31-21-23-33(43-31)37(39)40)14-20-32-22-24-34(44-32)38(41)42/h7-10,15-18,21-24H,1-4H3. The predicted octanol–water partition coefficient (Wildman–Crippen LogP) is 6.56. The van der Waals surface area contributed by atoms with Gasteiger partial charge in [-0.1, -0.05) is 46.4 Å². The van der Waals surface area contributed by atoms with Crippen molar-refractivity contribution >= 4 is 44.1 Å². The van der Waals surface area contributed by atoms with E-state index in [1.54, 1.807) is 12.1 Å². The average Bonchev–Trinajstić information content (AvgIpc) is 3.69. The van der Waals surface area contributed by atoms with Crippen LogP contribution in [0.3, 0.4) is 0 Å². The molecular formula is C34H24N4O4S2. The van der Waals surface area contributed by atoms with Crippen LogP contribution in [0.5, 0.6) is 0 Å². The number of benzene rings is 2. The Hall–Kier alpha value is -5.78. The van der Waals surface area contributed by atoms with E-state index in [-0.39, 0.29) is 15.6 Å². The van der Waals surface area contributed by atoms with Crippen LogP contribution in [0.25, 0.3) is 0 Å². The van der Waals surface area contributed by atoms with Crippen LogP contribution < -0.4 is 9.80 Å². The van der Waals surface area contributed by atoms with Gasteiger partial charge in [0.05, 0.1) is 30.7 Å². The van der Waals surface area contributed by atoms with Crippen LogP contribution in [0, 0.1) is 67.6 Å². The van der Waals surface area contributed by atoms with Crippen molar-refractivity contribution in [2.45, 2.75) is 0 Å². The third kappa shape index (κ3) is 8.61. The summed E-state index contributed by atoms with van der Waals surface area (Å²) in [5.41, 5.74) is 4.20.